The van der Waals surface area contributed by atoms with Crippen molar-refractivity contribution in [2.24, 2.45) is 0 Å². The number of carbonyl (C=O) groups is 3. The Labute approximate surface area is 187 Å². The van der Waals surface area contributed by atoms with Crippen molar-refractivity contribution in [3.63, 3.8) is 0 Å². The van der Waals surface area contributed by atoms with Gasteiger partial charge in [-0.2, -0.15) is 8.78 Å². The standard InChI is InChI=1S/C21H21F2N3O5S/c1-21(12-4-9-15(30-2)16(10-12)31-3)18(28)26(20(29)25-21)11-17(27)24-13-5-7-14(8-6-13)32-19(22)23/h4-10,19H,11H2,1-3H3,(H,24,27)(H,25,29). The number of ether oxygens (including phenoxy) is 2. The summed E-state index contributed by atoms with van der Waals surface area (Å²) in [7, 11) is 2.93. The minimum atomic E-state index is -2.55. The van der Waals surface area contributed by atoms with Crippen molar-refractivity contribution in [3.8, 4) is 11.5 Å². The predicted molar refractivity (Wildman–Crippen MR) is 114 cm³/mol. The van der Waals surface area contributed by atoms with Crippen molar-refractivity contribution < 1.29 is 32.6 Å². The van der Waals surface area contributed by atoms with Gasteiger partial charge in [-0.25, -0.2) is 4.79 Å². The molecule has 4 amide bonds. The summed E-state index contributed by atoms with van der Waals surface area (Å²) in [4.78, 5) is 39.1. The monoisotopic (exact) mass is 465 g/mol. The van der Waals surface area contributed by atoms with Gasteiger partial charge in [-0.1, -0.05) is 17.8 Å². The van der Waals surface area contributed by atoms with Crippen LogP contribution in [0.1, 0.15) is 12.5 Å². The zero-order valence-electron chi connectivity index (χ0n) is 17.5. The molecule has 8 nitrogen and oxygen atoms in total. The van der Waals surface area contributed by atoms with Crippen molar-refractivity contribution in [1.29, 1.82) is 0 Å². The summed E-state index contributed by atoms with van der Waals surface area (Å²) in [6, 6.07) is 9.91. The average molecular weight is 465 g/mol. The Morgan fingerprint density at radius 3 is 2.38 bits per heavy atom. The number of halogens is 2. The van der Waals surface area contributed by atoms with Crippen molar-refractivity contribution in [3.05, 3.63) is 48.0 Å². The van der Waals surface area contributed by atoms with E-state index in [1.807, 2.05) is 0 Å². The molecule has 1 aliphatic heterocycles. The largest absolute Gasteiger partial charge is 0.493 e. The van der Waals surface area contributed by atoms with Crippen LogP contribution in [0, 0.1) is 0 Å². The summed E-state index contributed by atoms with van der Waals surface area (Å²) in [6.07, 6.45) is 0. The van der Waals surface area contributed by atoms with Crippen LogP contribution in [0.2, 0.25) is 0 Å². The van der Waals surface area contributed by atoms with Gasteiger partial charge in [0.15, 0.2) is 11.5 Å². The van der Waals surface area contributed by atoms with Crippen molar-refractivity contribution in [2.45, 2.75) is 23.1 Å². The first kappa shape index (κ1) is 23.3. The zero-order valence-corrected chi connectivity index (χ0v) is 18.3. The van der Waals surface area contributed by atoms with E-state index < -0.39 is 35.7 Å². The molecule has 1 unspecified atom stereocenters. The number of hydrogen-bond acceptors (Lipinski definition) is 6. The molecule has 11 heteroatoms. The minimum absolute atomic E-state index is 0.345. The first-order valence-corrected chi connectivity index (χ1v) is 10.3. The summed E-state index contributed by atoms with van der Waals surface area (Å²) in [6.45, 7) is 1.02. The number of nitrogens with zero attached hydrogens (tertiary/aromatic N) is 1. The molecule has 170 valence electrons. The number of amides is 4. The third-order valence-electron chi connectivity index (χ3n) is 4.90. The summed E-state index contributed by atoms with van der Waals surface area (Å²) in [5, 5.41) is 5.16. The van der Waals surface area contributed by atoms with Crippen LogP contribution < -0.4 is 20.1 Å². The lowest BCUT2D eigenvalue weighted by molar-refractivity contribution is -0.133. The van der Waals surface area contributed by atoms with Crippen LogP contribution in [-0.2, 0) is 15.1 Å². The van der Waals surface area contributed by atoms with E-state index >= 15 is 0 Å². The number of anilines is 1. The third kappa shape index (κ3) is 4.77. The van der Waals surface area contributed by atoms with Crippen molar-refractivity contribution in [1.82, 2.24) is 10.2 Å². The lowest BCUT2D eigenvalue weighted by atomic mass is 9.91. The van der Waals surface area contributed by atoms with Gasteiger partial charge in [-0.3, -0.25) is 14.5 Å². The van der Waals surface area contributed by atoms with Crippen LogP contribution in [-0.4, -0.2) is 49.3 Å². The Morgan fingerprint density at radius 1 is 1.12 bits per heavy atom. The number of alkyl halides is 2. The Kier molecular flexibility index (Phi) is 6.87. The van der Waals surface area contributed by atoms with Gasteiger partial charge < -0.3 is 20.1 Å². The fourth-order valence-corrected chi connectivity index (χ4v) is 3.75. The van der Waals surface area contributed by atoms with Gasteiger partial charge in [0.1, 0.15) is 12.1 Å². The number of carbonyl (C=O) groups excluding carboxylic acids is 3. The molecule has 0 spiro atoms. The quantitative estimate of drug-likeness (QED) is 0.458. The molecule has 1 atom stereocenters. The maximum absolute atomic E-state index is 13.0. The van der Waals surface area contributed by atoms with Gasteiger partial charge in [-0.15, -0.1) is 0 Å². The normalized spacial score (nSPS) is 18.0. The molecule has 0 aromatic heterocycles. The highest BCUT2D eigenvalue weighted by Crippen LogP contribution is 2.35. The second-order valence-corrected chi connectivity index (χ2v) is 8.03. The Hall–Kier alpha value is -3.34. The van der Waals surface area contributed by atoms with Gasteiger partial charge >= 0.3 is 6.03 Å². The molecule has 1 fully saturated rings. The highest BCUT2D eigenvalue weighted by Gasteiger charge is 2.49. The third-order valence-corrected chi connectivity index (χ3v) is 5.62. The zero-order chi connectivity index (χ0) is 23.5. The van der Waals surface area contributed by atoms with E-state index in [1.54, 1.807) is 18.2 Å². The molecular formula is C21H21F2N3O5S. The van der Waals surface area contributed by atoms with Crippen LogP contribution >= 0.6 is 11.8 Å². The van der Waals surface area contributed by atoms with E-state index in [9.17, 15) is 23.2 Å². The maximum atomic E-state index is 13.0. The highest BCUT2D eigenvalue weighted by molar-refractivity contribution is 7.99. The fraction of sp³-hybridized carbons (Fsp3) is 0.286. The number of rotatable bonds is 8. The second kappa shape index (κ2) is 9.43. The highest BCUT2D eigenvalue weighted by atomic mass is 32.2. The van der Waals surface area contributed by atoms with Crippen LogP contribution in [0.5, 0.6) is 11.5 Å². The lowest BCUT2D eigenvalue weighted by Crippen LogP contribution is -2.42. The number of benzene rings is 2. The topological polar surface area (TPSA) is 97.0 Å². The summed E-state index contributed by atoms with van der Waals surface area (Å²) in [5.41, 5.74) is -0.586. The van der Waals surface area contributed by atoms with Gasteiger partial charge in [0.25, 0.3) is 11.7 Å². The molecular weight excluding hydrogens is 444 g/mol. The SMILES string of the molecule is COc1ccc(C2(C)NC(=O)N(CC(=O)Nc3ccc(SC(F)F)cc3)C2=O)cc1OC. The Bertz CT molecular complexity index is 1030. The first-order chi connectivity index (χ1) is 15.2. The first-order valence-electron chi connectivity index (χ1n) is 9.39. The molecule has 2 aromatic carbocycles. The summed E-state index contributed by atoms with van der Waals surface area (Å²) in [5.74, 6) is -2.91. The van der Waals surface area contributed by atoms with Crippen molar-refractivity contribution in [2.75, 3.05) is 26.1 Å². The number of imide groups is 1. The molecule has 0 aliphatic carbocycles. The van der Waals surface area contributed by atoms with Gasteiger partial charge in [0.05, 0.1) is 14.2 Å². The minimum Gasteiger partial charge on any atom is -0.493 e. The molecule has 1 saturated heterocycles. The van der Waals surface area contributed by atoms with Crippen LogP contribution in [0.4, 0.5) is 19.3 Å². The van der Waals surface area contributed by atoms with E-state index in [1.165, 1.54) is 45.4 Å². The molecule has 0 saturated carbocycles. The molecule has 3 rings (SSSR count). The van der Waals surface area contributed by atoms with E-state index in [2.05, 4.69) is 10.6 Å². The molecule has 1 heterocycles. The summed E-state index contributed by atoms with van der Waals surface area (Å²) >= 11 is 0.387. The number of hydrogen-bond donors (Lipinski definition) is 2. The molecule has 0 radical (unpaired) electrons. The second-order valence-electron chi connectivity index (χ2n) is 6.97. The van der Waals surface area contributed by atoms with Gasteiger partial charge in [-0.05, 0) is 48.9 Å². The Morgan fingerprint density at radius 2 is 1.78 bits per heavy atom. The lowest BCUT2D eigenvalue weighted by Gasteiger charge is -2.23. The van der Waals surface area contributed by atoms with Crippen LogP contribution in [0.15, 0.2) is 47.4 Å². The van der Waals surface area contributed by atoms with Crippen molar-refractivity contribution >= 4 is 35.3 Å². The molecule has 0 bridgehead atoms. The Balaban J connectivity index is 1.71. The van der Waals surface area contributed by atoms with Crippen LogP contribution in [0.25, 0.3) is 0 Å². The van der Waals surface area contributed by atoms with E-state index in [4.69, 9.17) is 9.47 Å². The predicted octanol–water partition coefficient (Wildman–Crippen LogP) is 3.42. The molecule has 1 aliphatic rings. The fourth-order valence-electron chi connectivity index (χ4n) is 3.25. The maximum Gasteiger partial charge on any atom is 0.325 e. The van der Waals surface area contributed by atoms with E-state index in [0.717, 1.165) is 4.90 Å². The van der Waals surface area contributed by atoms with Gasteiger partial charge in [0, 0.05) is 10.6 Å². The molecule has 2 N–H and O–H groups in total. The van der Waals surface area contributed by atoms with E-state index in [0.29, 0.717) is 39.4 Å². The van der Waals surface area contributed by atoms with Gasteiger partial charge in [0.2, 0.25) is 5.91 Å². The number of urea groups is 1. The van der Waals surface area contributed by atoms with Crippen LogP contribution in [0.3, 0.4) is 0 Å². The number of nitrogens with one attached hydrogen (secondary N) is 2. The number of thioether (sulfide) groups is 1. The van der Waals surface area contributed by atoms with E-state index in [-0.39, 0.29) is 0 Å². The molecule has 32 heavy (non-hydrogen) atoms. The summed E-state index contributed by atoms with van der Waals surface area (Å²) < 4.78 is 35.3. The number of methoxy groups -OCH3 is 2. The average Bonchev–Trinajstić information content (AvgIpc) is 2.98. The smallest absolute Gasteiger partial charge is 0.325 e. The molecule has 2 aromatic rings.